The Morgan fingerprint density at radius 1 is 1.21 bits per heavy atom. The van der Waals surface area contributed by atoms with Gasteiger partial charge in [-0.1, -0.05) is 30.3 Å². The Hall–Kier alpha value is -1.16. The molecule has 0 aliphatic heterocycles. The summed E-state index contributed by atoms with van der Waals surface area (Å²) in [6.45, 7) is 9.02. The summed E-state index contributed by atoms with van der Waals surface area (Å²) in [6, 6.07) is 10.3. The molecule has 1 aromatic carbocycles. The van der Waals surface area contributed by atoms with Crippen LogP contribution in [0.15, 0.2) is 35.3 Å². The molecular weight excluding hydrogens is 254 g/mol. The first-order valence-electron chi connectivity index (χ1n) is 6.68. The summed E-state index contributed by atoms with van der Waals surface area (Å²) in [7, 11) is 0. The fourth-order valence-electron chi connectivity index (χ4n) is 1.46. The highest BCUT2D eigenvalue weighted by molar-refractivity contribution is 7.99. The Kier molecular flexibility index (Phi) is 6.78. The van der Waals surface area contributed by atoms with Gasteiger partial charge in [-0.05, 0) is 32.6 Å². The molecule has 0 aromatic heterocycles. The van der Waals surface area contributed by atoms with E-state index >= 15 is 0 Å². The average molecular weight is 279 g/mol. The zero-order valence-corrected chi connectivity index (χ0v) is 13.2. The quantitative estimate of drug-likeness (QED) is 0.621. The molecule has 0 radical (unpaired) electrons. The molecule has 4 heteroatoms. The Morgan fingerprint density at radius 3 is 2.47 bits per heavy atom. The fraction of sp³-hybridized carbons (Fsp3) is 0.533. The van der Waals surface area contributed by atoms with E-state index in [4.69, 9.17) is 0 Å². The van der Waals surface area contributed by atoms with Crippen LogP contribution >= 0.6 is 11.8 Å². The number of benzene rings is 1. The molecule has 0 spiro atoms. The number of hydrogen-bond acceptors (Lipinski definition) is 2. The summed E-state index contributed by atoms with van der Waals surface area (Å²) in [5.74, 6) is 0.883. The number of rotatable bonds is 6. The summed E-state index contributed by atoms with van der Waals surface area (Å²) in [4.78, 5) is 4.61. The van der Waals surface area contributed by atoms with Gasteiger partial charge in [0, 0.05) is 17.8 Å². The Bertz CT molecular complexity index is 388. The second kappa shape index (κ2) is 8.10. The van der Waals surface area contributed by atoms with Crippen LogP contribution in [0.1, 0.15) is 26.3 Å². The highest BCUT2D eigenvalue weighted by Crippen LogP contribution is 2.19. The largest absolute Gasteiger partial charge is 0.357 e. The highest BCUT2D eigenvalue weighted by atomic mass is 32.2. The number of guanidine groups is 1. The van der Waals surface area contributed by atoms with E-state index in [-0.39, 0.29) is 4.75 Å². The van der Waals surface area contributed by atoms with Gasteiger partial charge in [-0.2, -0.15) is 11.8 Å². The lowest BCUT2D eigenvalue weighted by Crippen LogP contribution is -2.43. The Morgan fingerprint density at radius 2 is 1.89 bits per heavy atom. The van der Waals surface area contributed by atoms with Crippen LogP contribution in [0.25, 0.3) is 0 Å². The van der Waals surface area contributed by atoms with Gasteiger partial charge in [0.05, 0.1) is 6.54 Å². The molecule has 0 amide bonds. The van der Waals surface area contributed by atoms with E-state index in [0.29, 0.717) is 6.54 Å². The van der Waals surface area contributed by atoms with Crippen LogP contribution in [0.5, 0.6) is 0 Å². The number of thioether (sulfide) groups is 1. The van der Waals surface area contributed by atoms with Crippen LogP contribution < -0.4 is 10.6 Å². The van der Waals surface area contributed by atoms with Crippen molar-refractivity contribution in [2.45, 2.75) is 32.1 Å². The van der Waals surface area contributed by atoms with E-state index in [9.17, 15) is 0 Å². The van der Waals surface area contributed by atoms with E-state index in [2.05, 4.69) is 54.8 Å². The van der Waals surface area contributed by atoms with Crippen molar-refractivity contribution in [1.82, 2.24) is 10.6 Å². The third kappa shape index (κ3) is 6.53. The third-order valence-electron chi connectivity index (χ3n) is 2.84. The first-order chi connectivity index (χ1) is 9.07. The van der Waals surface area contributed by atoms with Gasteiger partial charge in [-0.3, -0.25) is 0 Å². The summed E-state index contributed by atoms with van der Waals surface area (Å²) >= 11 is 1.86. The lowest BCUT2D eigenvalue weighted by molar-refractivity contribution is 0.665. The smallest absolute Gasteiger partial charge is 0.191 e. The normalized spacial score (nSPS) is 12.3. The minimum Gasteiger partial charge on any atom is -0.357 e. The average Bonchev–Trinajstić information content (AvgIpc) is 2.43. The summed E-state index contributed by atoms with van der Waals surface area (Å²) in [5.41, 5.74) is 1.23. The number of aliphatic imine (C=N–C) groups is 1. The van der Waals surface area contributed by atoms with Crippen molar-refractivity contribution in [3.8, 4) is 0 Å². The first-order valence-corrected chi connectivity index (χ1v) is 7.91. The fourth-order valence-corrected chi connectivity index (χ4v) is 1.68. The van der Waals surface area contributed by atoms with Crippen LogP contribution in [0.3, 0.4) is 0 Å². The van der Waals surface area contributed by atoms with E-state index < -0.39 is 0 Å². The van der Waals surface area contributed by atoms with Crippen LogP contribution in [-0.4, -0.2) is 30.1 Å². The molecule has 0 atom stereocenters. The van der Waals surface area contributed by atoms with Gasteiger partial charge in [0.15, 0.2) is 5.96 Å². The molecule has 1 aromatic rings. The summed E-state index contributed by atoms with van der Waals surface area (Å²) in [6.07, 6.45) is 2.13. The van der Waals surface area contributed by atoms with Gasteiger partial charge >= 0.3 is 0 Å². The van der Waals surface area contributed by atoms with Gasteiger partial charge in [0.1, 0.15) is 0 Å². The molecule has 0 fully saturated rings. The maximum Gasteiger partial charge on any atom is 0.191 e. The number of hydrogen-bond donors (Lipinski definition) is 2. The van der Waals surface area contributed by atoms with Gasteiger partial charge in [0.25, 0.3) is 0 Å². The molecule has 0 heterocycles. The molecule has 2 N–H and O–H groups in total. The van der Waals surface area contributed by atoms with Gasteiger partial charge in [-0.15, -0.1) is 0 Å². The van der Waals surface area contributed by atoms with Crippen LogP contribution in [0, 0.1) is 0 Å². The van der Waals surface area contributed by atoms with Crippen molar-refractivity contribution >= 4 is 17.7 Å². The van der Waals surface area contributed by atoms with Gasteiger partial charge < -0.3 is 10.6 Å². The molecule has 0 aliphatic rings. The molecule has 0 unspecified atom stereocenters. The van der Waals surface area contributed by atoms with E-state index in [0.717, 1.165) is 19.0 Å². The lowest BCUT2D eigenvalue weighted by atomic mass is 10.2. The van der Waals surface area contributed by atoms with E-state index in [1.165, 1.54) is 5.56 Å². The Labute approximate surface area is 121 Å². The standard InChI is InChI=1S/C15H25N3S/c1-5-16-14(18-12-15(2,3)19-4)17-11-13-9-7-6-8-10-13/h6-10H,5,11-12H2,1-4H3,(H2,16,17,18). The molecule has 3 nitrogen and oxygen atoms in total. The molecule has 1 rings (SSSR count). The number of nitrogens with one attached hydrogen (secondary N) is 2. The van der Waals surface area contributed by atoms with Crippen molar-refractivity contribution in [3.63, 3.8) is 0 Å². The maximum atomic E-state index is 4.61. The third-order valence-corrected chi connectivity index (χ3v) is 4.09. The molecule has 0 aliphatic carbocycles. The zero-order chi connectivity index (χ0) is 14.1. The van der Waals surface area contributed by atoms with Gasteiger partial charge in [-0.25, -0.2) is 4.99 Å². The Balaban J connectivity index is 2.56. The second-order valence-electron chi connectivity index (χ2n) is 5.00. The van der Waals surface area contributed by atoms with Crippen molar-refractivity contribution in [1.29, 1.82) is 0 Å². The van der Waals surface area contributed by atoms with Gasteiger partial charge in [0.2, 0.25) is 0 Å². The van der Waals surface area contributed by atoms with Crippen molar-refractivity contribution in [2.75, 3.05) is 19.3 Å². The SMILES string of the molecule is CCNC(=NCc1ccccc1)NCC(C)(C)SC. The predicted molar refractivity (Wildman–Crippen MR) is 86.9 cm³/mol. The van der Waals surface area contributed by atoms with E-state index in [1.807, 2.05) is 30.0 Å². The molecule has 19 heavy (non-hydrogen) atoms. The molecular formula is C15H25N3S. The second-order valence-corrected chi connectivity index (χ2v) is 6.51. The maximum absolute atomic E-state index is 4.61. The zero-order valence-electron chi connectivity index (χ0n) is 12.4. The summed E-state index contributed by atoms with van der Waals surface area (Å²) in [5, 5.41) is 6.68. The molecule has 0 bridgehead atoms. The lowest BCUT2D eigenvalue weighted by Gasteiger charge is -2.23. The van der Waals surface area contributed by atoms with Crippen molar-refractivity contribution < 1.29 is 0 Å². The highest BCUT2D eigenvalue weighted by Gasteiger charge is 2.15. The van der Waals surface area contributed by atoms with Crippen molar-refractivity contribution in [3.05, 3.63) is 35.9 Å². The minimum atomic E-state index is 0.211. The first kappa shape index (κ1) is 15.9. The van der Waals surface area contributed by atoms with Crippen LogP contribution in [-0.2, 0) is 6.54 Å². The minimum absolute atomic E-state index is 0.211. The monoisotopic (exact) mass is 279 g/mol. The van der Waals surface area contributed by atoms with Crippen LogP contribution in [0.2, 0.25) is 0 Å². The summed E-state index contributed by atoms with van der Waals surface area (Å²) < 4.78 is 0.211. The predicted octanol–water partition coefficient (Wildman–Crippen LogP) is 2.88. The van der Waals surface area contributed by atoms with Crippen LogP contribution in [0.4, 0.5) is 0 Å². The van der Waals surface area contributed by atoms with E-state index in [1.54, 1.807) is 0 Å². The number of nitrogens with zero attached hydrogens (tertiary/aromatic N) is 1. The molecule has 106 valence electrons. The molecule has 0 saturated carbocycles. The molecule has 0 saturated heterocycles. The van der Waals surface area contributed by atoms with Crippen molar-refractivity contribution in [2.24, 2.45) is 4.99 Å². The topological polar surface area (TPSA) is 36.4 Å².